The molecule has 2 nitrogen and oxygen atoms in total. The maximum Gasteiger partial charge on any atom is 0.128 e. The van der Waals surface area contributed by atoms with E-state index in [1.807, 2.05) is 0 Å². The van der Waals surface area contributed by atoms with Gasteiger partial charge < -0.3 is 9.84 Å². The summed E-state index contributed by atoms with van der Waals surface area (Å²) in [4.78, 5) is 0. The summed E-state index contributed by atoms with van der Waals surface area (Å²) in [5, 5.41) is 10.4. The van der Waals surface area contributed by atoms with Crippen LogP contribution in [0.4, 0.5) is 4.39 Å². The summed E-state index contributed by atoms with van der Waals surface area (Å²) in [6, 6.07) is 4.47. The predicted octanol–water partition coefficient (Wildman–Crippen LogP) is 4.62. The maximum atomic E-state index is 13.5. The Morgan fingerprint density at radius 2 is 2.19 bits per heavy atom. The van der Waals surface area contributed by atoms with Crippen molar-refractivity contribution in [2.24, 2.45) is 11.8 Å². The van der Waals surface area contributed by atoms with Gasteiger partial charge in [-0.3, -0.25) is 0 Å². The van der Waals surface area contributed by atoms with E-state index in [9.17, 15) is 9.50 Å². The number of benzene rings is 1. The smallest absolute Gasteiger partial charge is 0.128 e. The molecule has 2 aliphatic rings. The molecule has 3 heteroatoms. The second-order valence-electron chi connectivity index (χ2n) is 7.28. The van der Waals surface area contributed by atoms with Crippen LogP contribution in [0.5, 0.6) is 5.75 Å². The van der Waals surface area contributed by atoms with Crippen LogP contribution in [-0.4, -0.2) is 10.7 Å². The normalized spacial score (nSPS) is 32.0. The number of hydrogen-bond donors (Lipinski definition) is 1. The van der Waals surface area contributed by atoms with E-state index in [0.29, 0.717) is 24.0 Å². The molecule has 1 saturated carbocycles. The first-order valence-corrected chi connectivity index (χ1v) is 8.14. The van der Waals surface area contributed by atoms with Crippen molar-refractivity contribution in [2.75, 3.05) is 0 Å². The molecule has 3 rings (SSSR count). The lowest BCUT2D eigenvalue weighted by molar-refractivity contribution is -0.0540. The van der Waals surface area contributed by atoms with Gasteiger partial charge in [0.15, 0.2) is 0 Å². The van der Waals surface area contributed by atoms with Crippen molar-refractivity contribution in [3.05, 3.63) is 29.6 Å². The third-order valence-electron chi connectivity index (χ3n) is 4.94. The Morgan fingerprint density at radius 3 is 2.95 bits per heavy atom. The van der Waals surface area contributed by atoms with Crippen molar-refractivity contribution in [3.63, 3.8) is 0 Å². The SMILES string of the molecule is CC(C)CC1CCCC2(C1)CC(O)c1ccc(F)cc1O2. The molecule has 1 heterocycles. The zero-order valence-electron chi connectivity index (χ0n) is 12.9. The molecule has 1 N–H and O–H groups in total. The summed E-state index contributed by atoms with van der Waals surface area (Å²) in [7, 11) is 0. The van der Waals surface area contributed by atoms with Gasteiger partial charge >= 0.3 is 0 Å². The topological polar surface area (TPSA) is 29.5 Å². The molecule has 1 spiro atoms. The Kier molecular flexibility index (Phi) is 3.96. The molecule has 0 radical (unpaired) electrons. The molecule has 1 aromatic carbocycles. The molecular formula is C18H25FO2. The Labute approximate surface area is 126 Å². The largest absolute Gasteiger partial charge is 0.487 e. The van der Waals surface area contributed by atoms with Gasteiger partial charge in [0.2, 0.25) is 0 Å². The van der Waals surface area contributed by atoms with Gasteiger partial charge in [0.05, 0.1) is 6.10 Å². The Bertz CT molecular complexity index is 514. The first kappa shape index (κ1) is 14.8. The highest BCUT2D eigenvalue weighted by Crippen LogP contribution is 2.48. The highest BCUT2D eigenvalue weighted by molar-refractivity contribution is 5.38. The monoisotopic (exact) mass is 292 g/mol. The number of hydrogen-bond acceptors (Lipinski definition) is 2. The number of ether oxygens (including phenoxy) is 1. The fourth-order valence-electron chi connectivity index (χ4n) is 4.20. The number of aliphatic hydroxyl groups excluding tert-OH is 1. The third kappa shape index (κ3) is 3.08. The van der Waals surface area contributed by atoms with E-state index in [1.165, 1.54) is 25.0 Å². The molecule has 3 atom stereocenters. The summed E-state index contributed by atoms with van der Waals surface area (Å²) >= 11 is 0. The van der Waals surface area contributed by atoms with Gasteiger partial charge in [-0.15, -0.1) is 0 Å². The van der Waals surface area contributed by atoms with E-state index >= 15 is 0 Å². The molecule has 21 heavy (non-hydrogen) atoms. The highest BCUT2D eigenvalue weighted by atomic mass is 19.1. The van der Waals surface area contributed by atoms with E-state index in [-0.39, 0.29) is 11.4 Å². The van der Waals surface area contributed by atoms with Gasteiger partial charge in [-0.1, -0.05) is 20.3 Å². The van der Waals surface area contributed by atoms with Crippen LogP contribution in [0.2, 0.25) is 0 Å². The molecule has 0 aromatic heterocycles. The van der Waals surface area contributed by atoms with E-state index in [1.54, 1.807) is 6.07 Å². The van der Waals surface area contributed by atoms with Gasteiger partial charge in [0, 0.05) is 18.1 Å². The summed E-state index contributed by atoms with van der Waals surface area (Å²) in [5.41, 5.74) is 0.436. The van der Waals surface area contributed by atoms with Crippen LogP contribution < -0.4 is 4.74 Å². The zero-order chi connectivity index (χ0) is 15.0. The molecule has 116 valence electrons. The van der Waals surface area contributed by atoms with Crippen LogP contribution in [0.3, 0.4) is 0 Å². The van der Waals surface area contributed by atoms with Gasteiger partial charge in [-0.05, 0) is 49.7 Å². The summed E-state index contributed by atoms with van der Waals surface area (Å²) in [5.74, 6) is 1.58. The molecule has 1 aromatic rings. The summed E-state index contributed by atoms with van der Waals surface area (Å²) in [6.45, 7) is 4.51. The average Bonchev–Trinajstić information content (AvgIpc) is 2.37. The lowest BCUT2D eigenvalue weighted by Gasteiger charge is -2.46. The van der Waals surface area contributed by atoms with Crippen molar-refractivity contribution in [1.82, 2.24) is 0 Å². The standard InChI is InChI=1S/C18H25FO2/c1-12(2)8-13-4-3-7-18(10-13)11-16(20)15-6-5-14(19)9-17(15)21-18/h5-6,9,12-13,16,20H,3-4,7-8,10-11H2,1-2H3. The van der Waals surface area contributed by atoms with Crippen LogP contribution >= 0.6 is 0 Å². The van der Waals surface area contributed by atoms with Crippen LogP contribution in [0.25, 0.3) is 0 Å². The quantitative estimate of drug-likeness (QED) is 0.862. The first-order chi connectivity index (χ1) is 9.97. The fourth-order valence-corrected chi connectivity index (χ4v) is 4.20. The van der Waals surface area contributed by atoms with E-state index in [0.717, 1.165) is 24.8 Å². The third-order valence-corrected chi connectivity index (χ3v) is 4.94. The lowest BCUT2D eigenvalue weighted by Crippen LogP contribution is -2.45. The molecule has 3 unspecified atom stereocenters. The van der Waals surface area contributed by atoms with E-state index in [2.05, 4.69) is 13.8 Å². The Morgan fingerprint density at radius 1 is 1.38 bits per heavy atom. The molecule has 0 amide bonds. The Balaban J connectivity index is 1.83. The van der Waals surface area contributed by atoms with Gasteiger partial charge in [0.1, 0.15) is 17.2 Å². The van der Waals surface area contributed by atoms with E-state index in [4.69, 9.17) is 4.74 Å². The molecule has 0 bridgehead atoms. The van der Waals surface area contributed by atoms with Crippen LogP contribution in [0.1, 0.15) is 64.0 Å². The molecular weight excluding hydrogens is 267 g/mol. The van der Waals surface area contributed by atoms with Gasteiger partial charge in [0.25, 0.3) is 0 Å². The van der Waals surface area contributed by atoms with Crippen molar-refractivity contribution in [3.8, 4) is 5.75 Å². The van der Waals surface area contributed by atoms with Crippen molar-refractivity contribution >= 4 is 0 Å². The number of fused-ring (bicyclic) bond motifs is 1. The second-order valence-corrected chi connectivity index (χ2v) is 7.28. The molecule has 1 aliphatic carbocycles. The minimum Gasteiger partial charge on any atom is -0.487 e. The summed E-state index contributed by atoms with van der Waals surface area (Å²) < 4.78 is 19.7. The second kappa shape index (κ2) is 5.60. The molecule has 1 aliphatic heterocycles. The first-order valence-electron chi connectivity index (χ1n) is 8.14. The summed E-state index contributed by atoms with van der Waals surface area (Å²) in [6.07, 6.45) is 5.64. The number of halogens is 1. The molecule has 1 fully saturated rings. The van der Waals surface area contributed by atoms with Crippen molar-refractivity contribution in [2.45, 2.75) is 64.1 Å². The van der Waals surface area contributed by atoms with Crippen molar-refractivity contribution in [1.29, 1.82) is 0 Å². The van der Waals surface area contributed by atoms with Gasteiger partial charge in [-0.25, -0.2) is 4.39 Å². The fraction of sp³-hybridized carbons (Fsp3) is 0.667. The lowest BCUT2D eigenvalue weighted by atomic mass is 9.71. The zero-order valence-corrected chi connectivity index (χ0v) is 12.9. The van der Waals surface area contributed by atoms with Crippen LogP contribution in [-0.2, 0) is 0 Å². The van der Waals surface area contributed by atoms with E-state index < -0.39 is 6.10 Å². The maximum absolute atomic E-state index is 13.5. The minimum absolute atomic E-state index is 0.294. The van der Waals surface area contributed by atoms with Crippen molar-refractivity contribution < 1.29 is 14.2 Å². The minimum atomic E-state index is -0.535. The number of aliphatic hydroxyl groups is 1. The highest BCUT2D eigenvalue weighted by Gasteiger charge is 2.44. The van der Waals surface area contributed by atoms with Crippen LogP contribution in [0.15, 0.2) is 18.2 Å². The predicted molar refractivity (Wildman–Crippen MR) is 80.7 cm³/mol. The van der Waals surface area contributed by atoms with Crippen LogP contribution in [0, 0.1) is 17.7 Å². The Hall–Kier alpha value is -1.09. The van der Waals surface area contributed by atoms with Gasteiger partial charge in [-0.2, -0.15) is 0 Å². The molecule has 0 saturated heterocycles. The number of rotatable bonds is 2. The average molecular weight is 292 g/mol.